The molecule has 0 aromatic carbocycles. The standard InChI is InChI=1S/C12H12N4S2/c13-11(17)9-5-8(3-4-14-9)15-12-16-10(6-18-12)7-1-2-7/h3-7H,1-2H2,(H2,13,17)(H,14,15,16). The van der Waals surface area contributed by atoms with Gasteiger partial charge in [0.2, 0.25) is 0 Å². The third-order valence-electron chi connectivity index (χ3n) is 2.78. The number of nitrogens with zero attached hydrogens (tertiary/aromatic N) is 2. The molecule has 3 rings (SSSR count). The van der Waals surface area contributed by atoms with Crippen LogP contribution in [0.3, 0.4) is 0 Å². The molecule has 18 heavy (non-hydrogen) atoms. The zero-order valence-electron chi connectivity index (χ0n) is 9.59. The van der Waals surface area contributed by atoms with Crippen LogP contribution in [0.15, 0.2) is 23.7 Å². The molecule has 1 fully saturated rings. The van der Waals surface area contributed by atoms with Crippen molar-refractivity contribution in [3.05, 3.63) is 35.1 Å². The van der Waals surface area contributed by atoms with Gasteiger partial charge in [-0.15, -0.1) is 11.3 Å². The van der Waals surface area contributed by atoms with Crippen LogP contribution in [0.2, 0.25) is 0 Å². The Bertz CT molecular complexity index is 589. The molecular formula is C12H12N4S2. The van der Waals surface area contributed by atoms with E-state index in [0.29, 0.717) is 16.6 Å². The molecule has 4 nitrogen and oxygen atoms in total. The molecule has 0 spiro atoms. The molecule has 0 unspecified atom stereocenters. The molecule has 0 radical (unpaired) electrons. The van der Waals surface area contributed by atoms with Gasteiger partial charge in [0.1, 0.15) is 4.99 Å². The fourth-order valence-corrected chi connectivity index (χ4v) is 2.60. The van der Waals surface area contributed by atoms with E-state index in [9.17, 15) is 0 Å². The summed E-state index contributed by atoms with van der Waals surface area (Å²) in [6, 6.07) is 3.71. The third-order valence-corrected chi connectivity index (χ3v) is 3.77. The van der Waals surface area contributed by atoms with Crippen LogP contribution >= 0.6 is 23.6 Å². The van der Waals surface area contributed by atoms with Gasteiger partial charge in [-0.3, -0.25) is 4.98 Å². The van der Waals surface area contributed by atoms with Gasteiger partial charge in [-0.25, -0.2) is 4.98 Å². The highest BCUT2D eigenvalue weighted by molar-refractivity contribution is 7.80. The van der Waals surface area contributed by atoms with Gasteiger partial charge in [-0.1, -0.05) is 12.2 Å². The Morgan fingerprint density at radius 1 is 1.50 bits per heavy atom. The second-order valence-electron chi connectivity index (χ2n) is 4.27. The summed E-state index contributed by atoms with van der Waals surface area (Å²) in [4.78, 5) is 8.97. The minimum atomic E-state index is 0.302. The molecule has 2 aromatic heterocycles. The summed E-state index contributed by atoms with van der Waals surface area (Å²) in [5.41, 5.74) is 8.28. The largest absolute Gasteiger partial charge is 0.388 e. The zero-order chi connectivity index (χ0) is 12.5. The van der Waals surface area contributed by atoms with E-state index in [1.165, 1.54) is 18.5 Å². The van der Waals surface area contributed by atoms with Crippen molar-refractivity contribution in [2.75, 3.05) is 5.32 Å². The molecule has 1 aliphatic rings. The van der Waals surface area contributed by atoms with Crippen LogP contribution in [0.25, 0.3) is 0 Å². The number of hydrogen-bond acceptors (Lipinski definition) is 5. The normalized spacial score (nSPS) is 14.4. The molecule has 1 saturated carbocycles. The van der Waals surface area contributed by atoms with Crippen LogP contribution in [0, 0.1) is 0 Å². The van der Waals surface area contributed by atoms with Crippen molar-refractivity contribution in [3.63, 3.8) is 0 Å². The van der Waals surface area contributed by atoms with E-state index in [1.807, 2.05) is 12.1 Å². The quantitative estimate of drug-likeness (QED) is 0.841. The summed E-state index contributed by atoms with van der Waals surface area (Å²) >= 11 is 6.53. The van der Waals surface area contributed by atoms with Crippen molar-refractivity contribution >= 4 is 39.4 Å². The maximum atomic E-state index is 5.56. The van der Waals surface area contributed by atoms with Gasteiger partial charge in [0, 0.05) is 23.2 Å². The maximum absolute atomic E-state index is 5.56. The highest BCUT2D eigenvalue weighted by atomic mass is 32.1. The number of hydrogen-bond donors (Lipinski definition) is 2. The van der Waals surface area contributed by atoms with Crippen LogP contribution in [-0.2, 0) is 0 Å². The average molecular weight is 276 g/mol. The van der Waals surface area contributed by atoms with Crippen LogP contribution in [0.4, 0.5) is 10.8 Å². The molecule has 2 heterocycles. The lowest BCUT2D eigenvalue weighted by atomic mass is 10.3. The molecule has 2 aromatic rings. The van der Waals surface area contributed by atoms with Gasteiger partial charge in [0.15, 0.2) is 5.13 Å². The number of nitrogens with two attached hydrogens (primary N) is 1. The lowest BCUT2D eigenvalue weighted by Gasteiger charge is -2.03. The van der Waals surface area contributed by atoms with Crippen molar-refractivity contribution < 1.29 is 0 Å². The van der Waals surface area contributed by atoms with Gasteiger partial charge in [-0.2, -0.15) is 0 Å². The van der Waals surface area contributed by atoms with Crippen LogP contribution in [0.5, 0.6) is 0 Å². The number of nitrogens with one attached hydrogen (secondary N) is 1. The Labute approximate surface area is 114 Å². The Morgan fingerprint density at radius 2 is 2.33 bits per heavy atom. The predicted molar refractivity (Wildman–Crippen MR) is 77.5 cm³/mol. The molecule has 92 valence electrons. The molecule has 3 N–H and O–H groups in total. The number of rotatable bonds is 4. The summed E-state index contributed by atoms with van der Waals surface area (Å²) in [6.07, 6.45) is 4.22. The van der Waals surface area contributed by atoms with E-state index in [2.05, 4.69) is 20.7 Å². The average Bonchev–Trinajstić information content (AvgIpc) is 3.11. The fraction of sp³-hybridized carbons (Fsp3) is 0.250. The van der Waals surface area contributed by atoms with Gasteiger partial charge in [0.05, 0.1) is 11.4 Å². The minimum absolute atomic E-state index is 0.302. The molecule has 0 saturated heterocycles. The molecule has 0 amide bonds. The molecule has 6 heteroatoms. The van der Waals surface area contributed by atoms with Crippen LogP contribution in [-0.4, -0.2) is 15.0 Å². The van der Waals surface area contributed by atoms with E-state index >= 15 is 0 Å². The predicted octanol–water partition coefficient (Wildman–Crippen LogP) is 2.79. The SMILES string of the molecule is NC(=S)c1cc(Nc2nc(C3CC3)cs2)ccn1. The summed E-state index contributed by atoms with van der Waals surface area (Å²) in [5, 5.41) is 6.28. The molecular weight excluding hydrogens is 264 g/mol. The number of thiocarbonyl (C=S) groups is 1. The first kappa shape index (κ1) is 11.6. The first-order valence-corrected chi connectivity index (χ1v) is 6.99. The topological polar surface area (TPSA) is 63.8 Å². The zero-order valence-corrected chi connectivity index (χ0v) is 11.2. The first-order valence-electron chi connectivity index (χ1n) is 5.70. The van der Waals surface area contributed by atoms with Gasteiger partial charge in [0.25, 0.3) is 0 Å². The Morgan fingerprint density at radius 3 is 3.06 bits per heavy atom. The van der Waals surface area contributed by atoms with Crippen molar-refractivity contribution in [1.29, 1.82) is 0 Å². The Balaban J connectivity index is 1.78. The lowest BCUT2D eigenvalue weighted by Crippen LogP contribution is -2.11. The Kier molecular flexibility index (Phi) is 2.97. The van der Waals surface area contributed by atoms with Crippen LogP contribution < -0.4 is 11.1 Å². The summed E-state index contributed by atoms with van der Waals surface area (Å²) in [6.45, 7) is 0. The highest BCUT2D eigenvalue weighted by Crippen LogP contribution is 2.41. The molecule has 0 atom stereocenters. The van der Waals surface area contributed by atoms with Crippen molar-refractivity contribution in [2.45, 2.75) is 18.8 Å². The van der Waals surface area contributed by atoms with E-state index in [4.69, 9.17) is 18.0 Å². The minimum Gasteiger partial charge on any atom is -0.388 e. The number of aromatic nitrogens is 2. The third kappa shape index (κ3) is 2.49. The second kappa shape index (κ2) is 4.62. The van der Waals surface area contributed by atoms with E-state index in [0.717, 1.165) is 10.8 Å². The van der Waals surface area contributed by atoms with Gasteiger partial charge >= 0.3 is 0 Å². The number of anilines is 2. The first-order chi connectivity index (χ1) is 8.72. The highest BCUT2D eigenvalue weighted by Gasteiger charge is 2.26. The summed E-state index contributed by atoms with van der Waals surface area (Å²) < 4.78 is 0. The van der Waals surface area contributed by atoms with E-state index in [1.54, 1.807) is 17.5 Å². The van der Waals surface area contributed by atoms with Gasteiger partial charge < -0.3 is 11.1 Å². The van der Waals surface area contributed by atoms with Crippen molar-refractivity contribution in [2.24, 2.45) is 5.73 Å². The van der Waals surface area contributed by atoms with Crippen molar-refractivity contribution in [3.8, 4) is 0 Å². The van der Waals surface area contributed by atoms with Crippen LogP contribution in [0.1, 0.15) is 30.1 Å². The smallest absolute Gasteiger partial charge is 0.187 e. The maximum Gasteiger partial charge on any atom is 0.187 e. The van der Waals surface area contributed by atoms with Gasteiger partial charge in [-0.05, 0) is 25.0 Å². The summed E-state index contributed by atoms with van der Waals surface area (Å²) in [7, 11) is 0. The number of thiazole rings is 1. The number of pyridine rings is 1. The molecule has 1 aliphatic carbocycles. The lowest BCUT2D eigenvalue weighted by molar-refractivity contribution is 1.05. The Hall–Kier alpha value is -1.53. The fourth-order valence-electron chi connectivity index (χ4n) is 1.68. The molecule has 0 bridgehead atoms. The molecule has 0 aliphatic heterocycles. The monoisotopic (exact) mass is 276 g/mol. The summed E-state index contributed by atoms with van der Waals surface area (Å²) in [5.74, 6) is 0.682. The van der Waals surface area contributed by atoms with E-state index in [-0.39, 0.29) is 0 Å². The van der Waals surface area contributed by atoms with E-state index < -0.39 is 0 Å². The van der Waals surface area contributed by atoms with Crippen molar-refractivity contribution in [1.82, 2.24) is 9.97 Å². The second-order valence-corrected chi connectivity index (χ2v) is 5.57.